The molecule has 164 valence electrons. The van der Waals surface area contributed by atoms with Gasteiger partial charge in [0.1, 0.15) is 22.9 Å². The van der Waals surface area contributed by atoms with E-state index in [1.807, 2.05) is 37.3 Å². The molecule has 0 saturated carbocycles. The summed E-state index contributed by atoms with van der Waals surface area (Å²) in [6.45, 7) is 5.04. The highest BCUT2D eigenvalue weighted by molar-refractivity contribution is 5.79. The lowest BCUT2D eigenvalue weighted by Gasteiger charge is -2.22. The Labute approximate surface area is 181 Å². The smallest absolute Gasteiger partial charge is 0.219 e. The summed E-state index contributed by atoms with van der Waals surface area (Å²) in [4.78, 5) is 8.90. The second-order valence-corrected chi connectivity index (χ2v) is 7.08. The van der Waals surface area contributed by atoms with Gasteiger partial charge in [-0.25, -0.2) is 9.98 Å². The van der Waals surface area contributed by atoms with Crippen molar-refractivity contribution in [3.8, 4) is 17.4 Å². The highest BCUT2D eigenvalue weighted by atomic mass is 16.5. The molecule has 1 unspecified atom stereocenters. The molecule has 0 spiro atoms. The third-order valence-electron chi connectivity index (χ3n) is 4.50. The van der Waals surface area contributed by atoms with Crippen LogP contribution in [0.5, 0.6) is 17.4 Å². The molecule has 0 saturated heterocycles. The van der Waals surface area contributed by atoms with Crippen molar-refractivity contribution >= 4 is 5.96 Å². The number of nitrogens with zero attached hydrogens (tertiary/aromatic N) is 2. The second kappa shape index (κ2) is 10.5. The standard InChI is InChI=1S/C23H28N4O4/c1-4-24-22(27-16-23(2,28)20-6-5-13-30-20)26-15-17-7-12-21(25-14-17)31-19-10-8-18(29-3)9-11-19/h5-14,28H,4,15-16H2,1-3H3,(H2,24,26,27). The topological polar surface area (TPSA) is 101 Å². The van der Waals surface area contributed by atoms with E-state index in [1.54, 1.807) is 38.4 Å². The van der Waals surface area contributed by atoms with Crippen LogP contribution in [0.1, 0.15) is 25.2 Å². The van der Waals surface area contributed by atoms with E-state index in [9.17, 15) is 5.11 Å². The molecule has 0 aliphatic carbocycles. The van der Waals surface area contributed by atoms with E-state index in [0.717, 1.165) is 11.3 Å². The summed E-state index contributed by atoms with van der Waals surface area (Å²) < 4.78 is 16.2. The van der Waals surface area contributed by atoms with Gasteiger partial charge in [-0.1, -0.05) is 6.07 Å². The average Bonchev–Trinajstić information content (AvgIpc) is 3.33. The van der Waals surface area contributed by atoms with Crippen LogP contribution in [0.2, 0.25) is 0 Å². The largest absolute Gasteiger partial charge is 0.497 e. The predicted molar refractivity (Wildman–Crippen MR) is 118 cm³/mol. The third-order valence-corrected chi connectivity index (χ3v) is 4.50. The first-order valence-electron chi connectivity index (χ1n) is 10.1. The minimum Gasteiger partial charge on any atom is -0.497 e. The summed E-state index contributed by atoms with van der Waals surface area (Å²) in [5.41, 5.74) is -0.223. The van der Waals surface area contributed by atoms with Crippen molar-refractivity contribution in [1.29, 1.82) is 0 Å². The number of aromatic nitrogens is 1. The van der Waals surface area contributed by atoms with Crippen molar-refractivity contribution in [3.05, 3.63) is 72.3 Å². The van der Waals surface area contributed by atoms with Gasteiger partial charge in [-0.2, -0.15) is 0 Å². The van der Waals surface area contributed by atoms with Crippen LogP contribution in [0.3, 0.4) is 0 Å². The first kappa shape index (κ1) is 22.2. The van der Waals surface area contributed by atoms with Crippen molar-refractivity contribution in [3.63, 3.8) is 0 Å². The van der Waals surface area contributed by atoms with Gasteiger partial charge in [0, 0.05) is 18.8 Å². The summed E-state index contributed by atoms with van der Waals surface area (Å²) in [7, 11) is 1.62. The molecule has 0 aliphatic heterocycles. The number of aliphatic imine (C=N–C) groups is 1. The Morgan fingerprint density at radius 1 is 1.13 bits per heavy atom. The van der Waals surface area contributed by atoms with Crippen LogP contribution >= 0.6 is 0 Å². The zero-order valence-electron chi connectivity index (χ0n) is 18.0. The van der Waals surface area contributed by atoms with E-state index in [1.165, 1.54) is 6.26 Å². The molecule has 2 aromatic heterocycles. The van der Waals surface area contributed by atoms with Crippen LogP contribution in [-0.4, -0.2) is 36.2 Å². The second-order valence-electron chi connectivity index (χ2n) is 7.08. The summed E-state index contributed by atoms with van der Waals surface area (Å²) in [6.07, 6.45) is 3.27. The van der Waals surface area contributed by atoms with Gasteiger partial charge in [0.15, 0.2) is 5.96 Å². The van der Waals surface area contributed by atoms with Crippen molar-refractivity contribution < 1.29 is 19.0 Å². The SMILES string of the molecule is CCNC(=NCc1ccc(Oc2ccc(OC)cc2)nc1)NCC(C)(O)c1ccco1. The molecule has 2 heterocycles. The van der Waals surface area contributed by atoms with Gasteiger partial charge in [0.25, 0.3) is 0 Å². The third kappa shape index (κ3) is 6.48. The first-order chi connectivity index (χ1) is 15.0. The minimum atomic E-state index is -1.15. The number of nitrogens with one attached hydrogen (secondary N) is 2. The number of aliphatic hydroxyl groups is 1. The van der Waals surface area contributed by atoms with Crippen molar-refractivity contribution in [2.45, 2.75) is 26.0 Å². The molecule has 0 fully saturated rings. The van der Waals surface area contributed by atoms with Crippen molar-refractivity contribution in [2.75, 3.05) is 20.2 Å². The maximum atomic E-state index is 10.6. The number of hydrogen-bond acceptors (Lipinski definition) is 6. The molecule has 31 heavy (non-hydrogen) atoms. The summed E-state index contributed by atoms with van der Waals surface area (Å²) in [5, 5.41) is 16.9. The molecule has 8 nitrogen and oxygen atoms in total. The molecule has 1 atom stereocenters. The van der Waals surface area contributed by atoms with Crippen LogP contribution in [-0.2, 0) is 12.1 Å². The van der Waals surface area contributed by atoms with E-state index < -0.39 is 5.60 Å². The normalized spacial score (nSPS) is 13.4. The van der Waals surface area contributed by atoms with Crippen LogP contribution in [0.4, 0.5) is 0 Å². The maximum absolute atomic E-state index is 10.6. The molecule has 8 heteroatoms. The molecule has 3 N–H and O–H groups in total. The number of guanidine groups is 1. The first-order valence-corrected chi connectivity index (χ1v) is 10.1. The van der Waals surface area contributed by atoms with E-state index in [2.05, 4.69) is 20.6 Å². The Balaban J connectivity index is 1.57. The Morgan fingerprint density at radius 3 is 2.52 bits per heavy atom. The van der Waals surface area contributed by atoms with Crippen LogP contribution < -0.4 is 20.1 Å². The van der Waals surface area contributed by atoms with Gasteiger partial charge in [-0.3, -0.25) is 0 Å². The fourth-order valence-electron chi connectivity index (χ4n) is 2.77. The predicted octanol–water partition coefficient (Wildman–Crippen LogP) is 3.44. The zero-order chi connectivity index (χ0) is 22.1. The quantitative estimate of drug-likeness (QED) is 0.357. The van der Waals surface area contributed by atoms with E-state index in [0.29, 0.717) is 36.4 Å². The van der Waals surface area contributed by atoms with Gasteiger partial charge in [0.05, 0.1) is 26.5 Å². The highest BCUT2D eigenvalue weighted by Crippen LogP contribution is 2.22. The minimum absolute atomic E-state index is 0.249. The molecule has 0 aliphatic rings. The lowest BCUT2D eigenvalue weighted by Crippen LogP contribution is -2.44. The molecule has 1 aromatic carbocycles. The van der Waals surface area contributed by atoms with E-state index >= 15 is 0 Å². The molecule has 0 amide bonds. The molecule has 0 radical (unpaired) electrons. The average molecular weight is 425 g/mol. The lowest BCUT2D eigenvalue weighted by atomic mass is 10.0. The molecular formula is C23H28N4O4. The van der Waals surface area contributed by atoms with Crippen molar-refractivity contribution in [2.24, 2.45) is 4.99 Å². The number of benzene rings is 1. The fraction of sp³-hybridized carbons (Fsp3) is 0.304. The van der Waals surface area contributed by atoms with Crippen molar-refractivity contribution in [1.82, 2.24) is 15.6 Å². The Kier molecular flexibility index (Phi) is 7.50. The van der Waals surface area contributed by atoms with Gasteiger partial charge < -0.3 is 29.6 Å². The number of rotatable bonds is 9. The number of pyridine rings is 1. The summed E-state index contributed by atoms with van der Waals surface area (Å²) in [5.74, 6) is 3.03. The molecule has 3 rings (SSSR count). The van der Waals surface area contributed by atoms with Gasteiger partial charge in [-0.15, -0.1) is 0 Å². The number of hydrogen-bond donors (Lipinski definition) is 3. The fourth-order valence-corrected chi connectivity index (χ4v) is 2.77. The number of ether oxygens (including phenoxy) is 2. The summed E-state index contributed by atoms with van der Waals surface area (Å²) >= 11 is 0. The van der Waals surface area contributed by atoms with Crippen LogP contribution in [0, 0.1) is 0 Å². The number of furan rings is 1. The molecule has 0 bridgehead atoms. The summed E-state index contributed by atoms with van der Waals surface area (Å²) in [6, 6.07) is 14.5. The maximum Gasteiger partial charge on any atom is 0.219 e. The van der Waals surface area contributed by atoms with Gasteiger partial charge >= 0.3 is 0 Å². The Morgan fingerprint density at radius 2 is 1.90 bits per heavy atom. The lowest BCUT2D eigenvalue weighted by molar-refractivity contribution is 0.0386. The highest BCUT2D eigenvalue weighted by Gasteiger charge is 2.26. The van der Waals surface area contributed by atoms with E-state index in [-0.39, 0.29) is 6.54 Å². The molecule has 3 aromatic rings. The zero-order valence-corrected chi connectivity index (χ0v) is 18.0. The number of methoxy groups -OCH3 is 1. The Hall–Kier alpha value is -3.52. The van der Waals surface area contributed by atoms with Crippen LogP contribution in [0.15, 0.2) is 70.4 Å². The Bertz CT molecular complexity index is 952. The monoisotopic (exact) mass is 424 g/mol. The van der Waals surface area contributed by atoms with Crippen LogP contribution in [0.25, 0.3) is 0 Å². The molecular weight excluding hydrogens is 396 g/mol. The van der Waals surface area contributed by atoms with E-state index in [4.69, 9.17) is 13.9 Å². The van der Waals surface area contributed by atoms with Gasteiger partial charge in [-0.05, 0) is 55.8 Å². The van der Waals surface area contributed by atoms with Gasteiger partial charge in [0.2, 0.25) is 5.88 Å².